The molecule has 2 nitrogen and oxygen atoms in total. The lowest BCUT2D eigenvalue weighted by Gasteiger charge is -2.25. The fourth-order valence-electron chi connectivity index (χ4n) is 6.48. The van der Waals surface area contributed by atoms with Crippen molar-refractivity contribution in [3.8, 4) is 0 Å². The molecule has 2 atom stereocenters. The Balaban J connectivity index is 1.35. The van der Waals surface area contributed by atoms with Gasteiger partial charge in [-0.15, -0.1) is 0 Å². The minimum atomic E-state index is -0.340. The van der Waals surface area contributed by atoms with E-state index in [9.17, 15) is 0 Å². The number of benzene rings is 8. The van der Waals surface area contributed by atoms with E-state index in [0.717, 1.165) is 11.1 Å². The second-order valence-electron chi connectivity index (χ2n) is 10.1. The highest BCUT2D eigenvalue weighted by atomic mass is 14.8. The quantitative estimate of drug-likeness (QED) is 0.261. The maximum atomic E-state index is 7.02. The fourth-order valence-corrected chi connectivity index (χ4v) is 6.48. The van der Waals surface area contributed by atoms with Crippen molar-refractivity contribution in [1.29, 1.82) is 0 Å². The van der Waals surface area contributed by atoms with Crippen LogP contribution in [0.1, 0.15) is 23.2 Å². The zero-order chi connectivity index (χ0) is 24.0. The molecule has 0 unspecified atom stereocenters. The third kappa shape index (κ3) is 2.58. The van der Waals surface area contributed by atoms with Crippen LogP contribution in [-0.4, -0.2) is 0 Å². The molecule has 0 amide bonds. The van der Waals surface area contributed by atoms with Gasteiger partial charge in [-0.25, -0.2) is 0 Å². The molecule has 0 fully saturated rings. The highest BCUT2D eigenvalue weighted by Gasteiger charge is 2.23. The second-order valence-corrected chi connectivity index (χ2v) is 10.1. The lowest BCUT2D eigenvalue weighted by atomic mass is 9.84. The molecule has 8 aromatic carbocycles. The van der Waals surface area contributed by atoms with Gasteiger partial charge in [0.25, 0.3) is 0 Å². The topological polar surface area (TPSA) is 52.0 Å². The molecule has 0 saturated carbocycles. The first-order chi connectivity index (χ1) is 17.7. The van der Waals surface area contributed by atoms with E-state index in [1.165, 1.54) is 64.6 Å². The van der Waals surface area contributed by atoms with Crippen molar-refractivity contribution in [2.24, 2.45) is 11.5 Å². The Morgan fingerprint density at radius 3 is 1.03 bits per heavy atom. The summed E-state index contributed by atoms with van der Waals surface area (Å²) in [5.41, 5.74) is 16.2. The molecular formula is C34H24N2. The van der Waals surface area contributed by atoms with Gasteiger partial charge >= 0.3 is 0 Å². The first-order valence-corrected chi connectivity index (χ1v) is 12.5. The van der Waals surface area contributed by atoms with E-state index in [1.54, 1.807) is 0 Å². The molecule has 2 heteroatoms. The summed E-state index contributed by atoms with van der Waals surface area (Å²) in [5, 5.41) is 15.1. The van der Waals surface area contributed by atoms with E-state index in [4.69, 9.17) is 11.5 Å². The second kappa shape index (κ2) is 7.14. The van der Waals surface area contributed by atoms with E-state index in [1.807, 2.05) is 0 Å². The largest absolute Gasteiger partial charge is 0.322 e. The average molecular weight is 461 g/mol. The molecule has 36 heavy (non-hydrogen) atoms. The molecule has 0 aliphatic carbocycles. The number of hydrogen-bond acceptors (Lipinski definition) is 2. The van der Waals surface area contributed by atoms with Crippen molar-refractivity contribution >= 4 is 64.6 Å². The maximum Gasteiger partial charge on any atom is 0.0497 e. The molecule has 0 aliphatic heterocycles. The van der Waals surface area contributed by atoms with Crippen molar-refractivity contribution in [2.75, 3.05) is 0 Å². The van der Waals surface area contributed by atoms with Crippen molar-refractivity contribution in [2.45, 2.75) is 12.1 Å². The fraction of sp³-hybridized carbons (Fsp3) is 0.0588. The number of hydrogen-bond donors (Lipinski definition) is 2. The summed E-state index contributed by atoms with van der Waals surface area (Å²) in [7, 11) is 0. The Kier molecular flexibility index (Phi) is 3.97. The van der Waals surface area contributed by atoms with Crippen LogP contribution in [0.3, 0.4) is 0 Å². The van der Waals surface area contributed by atoms with Crippen molar-refractivity contribution in [3.63, 3.8) is 0 Å². The summed E-state index contributed by atoms with van der Waals surface area (Å²) in [6, 6.07) is 38.7. The molecule has 8 rings (SSSR count). The Bertz CT molecular complexity index is 1900. The standard InChI is InChI=1S/C34H24N2/c35-33(27-17-13-23-9-7-19-3-1-5-21-11-15-25(27)31(23)29(19)21)34(36)28-18-14-24-10-8-20-4-2-6-22-12-16-26(28)32(24)30(20)22/h1-18,33-34H,35-36H2/t33-,34-/m0/s1. The van der Waals surface area contributed by atoms with Crippen molar-refractivity contribution < 1.29 is 0 Å². The Hall–Kier alpha value is -4.24. The third-order valence-electron chi connectivity index (χ3n) is 8.23. The minimum Gasteiger partial charge on any atom is -0.322 e. The van der Waals surface area contributed by atoms with Crippen LogP contribution < -0.4 is 11.5 Å². The summed E-state index contributed by atoms with van der Waals surface area (Å²) >= 11 is 0. The predicted molar refractivity (Wildman–Crippen MR) is 154 cm³/mol. The lowest BCUT2D eigenvalue weighted by molar-refractivity contribution is 0.582. The summed E-state index contributed by atoms with van der Waals surface area (Å²) in [4.78, 5) is 0. The van der Waals surface area contributed by atoms with E-state index in [0.29, 0.717) is 0 Å². The van der Waals surface area contributed by atoms with Gasteiger partial charge < -0.3 is 11.5 Å². The van der Waals surface area contributed by atoms with Crippen LogP contribution in [0.4, 0.5) is 0 Å². The molecule has 4 N–H and O–H groups in total. The first kappa shape index (κ1) is 20.0. The molecule has 0 saturated heterocycles. The molecule has 170 valence electrons. The van der Waals surface area contributed by atoms with Crippen molar-refractivity contribution in [3.05, 3.63) is 120 Å². The molecule has 0 heterocycles. The number of nitrogens with two attached hydrogens (primary N) is 2. The average Bonchev–Trinajstić information content (AvgIpc) is 2.94. The van der Waals surface area contributed by atoms with E-state index < -0.39 is 0 Å². The summed E-state index contributed by atoms with van der Waals surface area (Å²) < 4.78 is 0. The first-order valence-electron chi connectivity index (χ1n) is 12.5. The summed E-state index contributed by atoms with van der Waals surface area (Å²) in [5.74, 6) is 0. The van der Waals surface area contributed by atoms with E-state index >= 15 is 0 Å². The SMILES string of the molecule is N[C@@H](c1ccc2ccc3cccc4ccc1c2c34)[C@@H](N)c1ccc2ccc3cccc4ccc1c2c34. The van der Waals surface area contributed by atoms with Crippen LogP contribution in [-0.2, 0) is 0 Å². The summed E-state index contributed by atoms with van der Waals surface area (Å²) in [6.07, 6.45) is 0. The van der Waals surface area contributed by atoms with E-state index in [-0.39, 0.29) is 12.1 Å². The Labute approximate surface area is 208 Å². The molecule has 0 bridgehead atoms. The van der Waals surface area contributed by atoms with Gasteiger partial charge in [0.2, 0.25) is 0 Å². The predicted octanol–water partition coefficient (Wildman–Crippen LogP) is 8.18. The summed E-state index contributed by atoms with van der Waals surface area (Å²) in [6.45, 7) is 0. The monoisotopic (exact) mass is 460 g/mol. The van der Waals surface area contributed by atoms with Gasteiger partial charge in [-0.1, -0.05) is 109 Å². The van der Waals surface area contributed by atoms with Crippen LogP contribution in [0.15, 0.2) is 109 Å². The normalized spacial score (nSPS) is 14.2. The lowest BCUT2D eigenvalue weighted by Crippen LogP contribution is -2.27. The molecule has 0 spiro atoms. The van der Waals surface area contributed by atoms with E-state index in [2.05, 4.69) is 109 Å². The van der Waals surface area contributed by atoms with Crippen LogP contribution in [0.2, 0.25) is 0 Å². The molecule has 0 aromatic heterocycles. The highest BCUT2D eigenvalue weighted by Crippen LogP contribution is 2.42. The Morgan fingerprint density at radius 2 is 0.639 bits per heavy atom. The molecular weight excluding hydrogens is 436 g/mol. The Morgan fingerprint density at radius 1 is 0.333 bits per heavy atom. The van der Waals surface area contributed by atoms with Gasteiger partial charge in [-0.3, -0.25) is 0 Å². The maximum absolute atomic E-state index is 7.02. The zero-order valence-electron chi connectivity index (χ0n) is 19.7. The van der Waals surface area contributed by atoms with Crippen LogP contribution in [0.5, 0.6) is 0 Å². The molecule has 0 aliphatic rings. The van der Waals surface area contributed by atoms with Gasteiger partial charge in [-0.2, -0.15) is 0 Å². The molecule has 8 aromatic rings. The third-order valence-corrected chi connectivity index (χ3v) is 8.23. The van der Waals surface area contributed by atoms with Gasteiger partial charge in [0.15, 0.2) is 0 Å². The van der Waals surface area contributed by atoms with Gasteiger partial charge in [-0.05, 0) is 75.8 Å². The van der Waals surface area contributed by atoms with Crippen LogP contribution >= 0.6 is 0 Å². The smallest absolute Gasteiger partial charge is 0.0497 e. The van der Waals surface area contributed by atoms with Crippen LogP contribution in [0.25, 0.3) is 64.6 Å². The van der Waals surface area contributed by atoms with Gasteiger partial charge in [0, 0.05) is 12.1 Å². The van der Waals surface area contributed by atoms with Gasteiger partial charge in [0.05, 0.1) is 0 Å². The number of rotatable bonds is 3. The van der Waals surface area contributed by atoms with Crippen molar-refractivity contribution in [1.82, 2.24) is 0 Å². The van der Waals surface area contributed by atoms with Crippen LogP contribution in [0, 0.1) is 0 Å². The minimum absolute atomic E-state index is 0.340. The highest BCUT2D eigenvalue weighted by molar-refractivity contribution is 6.24. The zero-order valence-corrected chi connectivity index (χ0v) is 19.7. The van der Waals surface area contributed by atoms with Gasteiger partial charge in [0.1, 0.15) is 0 Å². The molecule has 0 radical (unpaired) electrons.